The van der Waals surface area contributed by atoms with Crippen LogP contribution in [0, 0.1) is 0 Å². The van der Waals surface area contributed by atoms with Crippen molar-refractivity contribution in [2.45, 2.75) is 10.6 Å². The van der Waals surface area contributed by atoms with E-state index in [2.05, 4.69) is 45.4 Å². The lowest BCUT2D eigenvalue weighted by atomic mass is 10.1. The summed E-state index contributed by atoms with van der Waals surface area (Å²) in [6.07, 6.45) is 5.67. The first-order valence-corrected chi connectivity index (χ1v) is 8.50. The lowest BCUT2D eigenvalue weighted by molar-refractivity contribution is 0.969. The highest BCUT2D eigenvalue weighted by molar-refractivity contribution is 7.98. The summed E-state index contributed by atoms with van der Waals surface area (Å²) in [5.41, 5.74) is 9.75. The van der Waals surface area contributed by atoms with Gasteiger partial charge in [-0.3, -0.25) is 4.98 Å². The Balaban J connectivity index is 1.58. The van der Waals surface area contributed by atoms with Crippen molar-refractivity contribution in [1.82, 2.24) is 19.6 Å². The Hall–Kier alpha value is -2.86. The molecular weight excluding hydrogens is 318 g/mol. The predicted molar refractivity (Wildman–Crippen MR) is 96.6 cm³/mol. The molecule has 1 aromatic carbocycles. The van der Waals surface area contributed by atoms with Crippen LogP contribution in [0.5, 0.6) is 0 Å². The quantitative estimate of drug-likeness (QED) is 0.577. The number of nitrogens with zero attached hydrogens (tertiary/aromatic N) is 4. The summed E-state index contributed by atoms with van der Waals surface area (Å²) in [6.45, 7) is 0. The Bertz CT molecular complexity index is 981. The van der Waals surface area contributed by atoms with Gasteiger partial charge in [0, 0.05) is 40.4 Å². The van der Waals surface area contributed by atoms with Gasteiger partial charge < -0.3 is 5.73 Å². The van der Waals surface area contributed by atoms with Gasteiger partial charge in [-0.1, -0.05) is 30.3 Å². The van der Waals surface area contributed by atoms with Gasteiger partial charge in [-0.2, -0.15) is 4.98 Å². The van der Waals surface area contributed by atoms with Crippen LogP contribution in [0.4, 0.5) is 5.95 Å². The maximum Gasteiger partial charge on any atom is 0.240 e. The van der Waals surface area contributed by atoms with E-state index in [0.29, 0.717) is 0 Å². The van der Waals surface area contributed by atoms with Crippen LogP contribution >= 0.6 is 11.8 Å². The second-order valence-electron chi connectivity index (χ2n) is 5.37. The number of hydrogen-bond acceptors (Lipinski definition) is 5. The van der Waals surface area contributed by atoms with Crippen molar-refractivity contribution < 1.29 is 0 Å². The zero-order valence-electron chi connectivity index (χ0n) is 12.8. The van der Waals surface area contributed by atoms with Gasteiger partial charge in [0.15, 0.2) is 5.65 Å². The summed E-state index contributed by atoms with van der Waals surface area (Å²) in [6, 6.07) is 16.5. The summed E-state index contributed by atoms with van der Waals surface area (Å²) in [5.74, 6) is 1.20. The topological polar surface area (TPSA) is 69.1 Å². The second kappa shape index (κ2) is 6.33. The van der Waals surface area contributed by atoms with Crippen molar-refractivity contribution >= 4 is 23.4 Å². The van der Waals surface area contributed by atoms with E-state index in [4.69, 9.17) is 5.73 Å². The van der Waals surface area contributed by atoms with Gasteiger partial charge in [0.05, 0.1) is 0 Å². The molecule has 0 unspecified atom stereocenters. The van der Waals surface area contributed by atoms with E-state index in [1.54, 1.807) is 16.3 Å². The van der Waals surface area contributed by atoms with Crippen LogP contribution in [0.3, 0.4) is 0 Å². The van der Waals surface area contributed by atoms with Gasteiger partial charge in [0.25, 0.3) is 0 Å². The number of aromatic nitrogens is 4. The Kier molecular flexibility index (Phi) is 3.88. The molecule has 0 bridgehead atoms. The molecule has 0 spiro atoms. The van der Waals surface area contributed by atoms with Crippen LogP contribution in [0.25, 0.3) is 16.8 Å². The highest BCUT2D eigenvalue weighted by Gasteiger charge is 2.05. The number of hydrogen-bond donors (Lipinski definition) is 1. The van der Waals surface area contributed by atoms with Crippen molar-refractivity contribution in [3.8, 4) is 11.1 Å². The number of anilines is 1. The van der Waals surface area contributed by atoms with Crippen molar-refractivity contribution in [1.29, 1.82) is 0 Å². The molecule has 0 aliphatic heterocycles. The molecule has 0 fully saturated rings. The Morgan fingerprint density at radius 2 is 1.88 bits per heavy atom. The SMILES string of the molecule is Nc1nc2ccc(-c3cncc(SCc4ccccc4)c3)cn2n1. The zero-order chi connectivity index (χ0) is 16.4. The number of fused-ring (bicyclic) bond motifs is 1. The Morgan fingerprint density at radius 3 is 2.75 bits per heavy atom. The Labute approximate surface area is 143 Å². The summed E-state index contributed by atoms with van der Waals surface area (Å²) in [4.78, 5) is 9.64. The third kappa shape index (κ3) is 3.09. The Morgan fingerprint density at radius 1 is 1.00 bits per heavy atom. The standard InChI is InChI=1S/C18H15N5S/c19-18-21-17-7-6-14(11-23(17)22-18)15-8-16(10-20-9-15)24-12-13-4-2-1-3-5-13/h1-11H,12H2,(H2,19,22). The summed E-state index contributed by atoms with van der Waals surface area (Å²) in [7, 11) is 0. The van der Waals surface area contributed by atoms with Crippen molar-refractivity contribution in [2.75, 3.05) is 5.73 Å². The van der Waals surface area contributed by atoms with E-state index in [0.717, 1.165) is 27.4 Å². The van der Waals surface area contributed by atoms with Crippen LogP contribution in [-0.4, -0.2) is 19.6 Å². The summed E-state index contributed by atoms with van der Waals surface area (Å²) >= 11 is 1.77. The molecule has 118 valence electrons. The lowest BCUT2D eigenvalue weighted by Crippen LogP contribution is -1.91. The molecule has 3 aromatic heterocycles. The average molecular weight is 333 g/mol. The molecule has 24 heavy (non-hydrogen) atoms. The zero-order valence-corrected chi connectivity index (χ0v) is 13.6. The first-order chi connectivity index (χ1) is 11.8. The smallest absolute Gasteiger partial charge is 0.240 e. The van der Waals surface area contributed by atoms with Crippen LogP contribution < -0.4 is 5.73 Å². The molecule has 0 atom stereocenters. The minimum atomic E-state index is 0.275. The summed E-state index contributed by atoms with van der Waals surface area (Å²) in [5, 5.41) is 4.16. The molecule has 0 aliphatic rings. The molecule has 0 amide bonds. The number of nitrogen functional groups attached to an aromatic ring is 1. The fraction of sp³-hybridized carbons (Fsp3) is 0.0556. The van der Waals surface area contributed by atoms with E-state index in [9.17, 15) is 0 Å². The fourth-order valence-electron chi connectivity index (χ4n) is 2.47. The van der Waals surface area contributed by atoms with Crippen molar-refractivity contribution in [2.24, 2.45) is 0 Å². The molecule has 0 aliphatic carbocycles. The summed E-state index contributed by atoms with van der Waals surface area (Å²) < 4.78 is 1.69. The average Bonchev–Trinajstić information content (AvgIpc) is 3.00. The van der Waals surface area contributed by atoms with Gasteiger partial charge in [-0.25, -0.2) is 4.52 Å². The van der Waals surface area contributed by atoms with E-state index in [-0.39, 0.29) is 5.95 Å². The lowest BCUT2D eigenvalue weighted by Gasteiger charge is -2.05. The van der Waals surface area contributed by atoms with Gasteiger partial charge in [0.1, 0.15) is 0 Å². The van der Waals surface area contributed by atoms with Crippen molar-refractivity contribution in [3.63, 3.8) is 0 Å². The maximum absolute atomic E-state index is 5.64. The fourth-order valence-corrected chi connectivity index (χ4v) is 3.34. The molecule has 0 saturated heterocycles. The normalized spacial score (nSPS) is 11.0. The molecule has 0 radical (unpaired) electrons. The molecule has 6 heteroatoms. The highest BCUT2D eigenvalue weighted by atomic mass is 32.2. The molecule has 0 saturated carbocycles. The molecule has 4 rings (SSSR count). The highest BCUT2D eigenvalue weighted by Crippen LogP contribution is 2.27. The number of thioether (sulfide) groups is 1. The minimum Gasteiger partial charge on any atom is -0.366 e. The molecule has 3 heterocycles. The third-order valence-electron chi connectivity index (χ3n) is 3.64. The monoisotopic (exact) mass is 333 g/mol. The molecular formula is C18H15N5S. The van der Waals surface area contributed by atoms with Crippen LogP contribution in [0.15, 0.2) is 72.0 Å². The van der Waals surface area contributed by atoms with E-state index in [1.807, 2.05) is 36.8 Å². The minimum absolute atomic E-state index is 0.275. The van der Waals surface area contributed by atoms with Crippen LogP contribution in [-0.2, 0) is 5.75 Å². The van der Waals surface area contributed by atoms with Crippen LogP contribution in [0.2, 0.25) is 0 Å². The van der Waals surface area contributed by atoms with Gasteiger partial charge in [-0.15, -0.1) is 16.9 Å². The number of pyridine rings is 2. The van der Waals surface area contributed by atoms with Crippen LogP contribution in [0.1, 0.15) is 5.56 Å². The molecule has 4 aromatic rings. The number of benzene rings is 1. The molecule has 2 N–H and O–H groups in total. The van der Waals surface area contributed by atoms with Gasteiger partial charge >= 0.3 is 0 Å². The van der Waals surface area contributed by atoms with Crippen molar-refractivity contribution in [3.05, 3.63) is 72.7 Å². The van der Waals surface area contributed by atoms with E-state index < -0.39 is 0 Å². The van der Waals surface area contributed by atoms with E-state index >= 15 is 0 Å². The van der Waals surface area contributed by atoms with Gasteiger partial charge in [0.2, 0.25) is 5.95 Å². The third-order valence-corrected chi connectivity index (χ3v) is 4.68. The predicted octanol–water partition coefficient (Wildman–Crippen LogP) is 3.67. The first-order valence-electron chi connectivity index (χ1n) is 7.52. The second-order valence-corrected chi connectivity index (χ2v) is 6.42. The van der Waals surface area contributed by atoms with E-state index in [1.165, 1.54) is 5.56 Å². The maximum atomic E-state index is 5.64. The number of rotatable bonds is 4. The van der Waals surface area contributed by atoms with Gasteiger partial charge in [-0.05, 0) is 23.8 Å². The first kappa shape index (κ1) is 14.7. The molecule has 5 nitrogen and oxygen atoms in total. The largest absolute Gasteiger partial charge is 0.366 e. The number of nitrogens with two attached hydrogens (primary N) is 1.